The fourth-order valence-electron chi connectivity index (χ4n) is 6.00. The summed E-state index contributed by atoms with van der Waals surface area (Å²) in [5.41, 5.74) is 4.77. The van der Waals surface area contributed by atoms with Gasteiger partial charge < -0.3 is 25.2 Å². The van der Waals surface area contributed by atoms with Gasteiger partial charge in [-0.15, -0.1) is 0 Å². The van der Waals surface area contributed by atoms with Crippen molar-refractivity contribution < 1.29 is 19.1 Å². The maximum atomic E-state index is 14.0. The van der Waals surface area contributed by atoms with Gasteiger partial charge in [0.1, 0.15) is 12.6 Å². The molecule has 1 aliphatic rings. The first-order valence-electron chi connectivity index (χ1n) is 18.0. The minimum absolute atomic E-state index is 0.0236. The van der Waals surface area contributed by atoms with Crippen LogP contribution in [0.5, 0.6) is 0 Å². The lowest BCUT2D eigenvalue weighted by Crippen LogP contribution is -2.64. The molecule has 0 saturated carbocycles. The third kappa shape index (κ3) is 14.6. The molecule has 0 spiro atoms. The topological polar surface area (TPSA) is 118 Å². The summed E-state index contributed by atoms with van der Waals surface area (Å²) in [6.07, 6.45) is 10.0. The molecular formula is C42H58N6O4. The van der Waals surface area contributed by atoms with Gasteiger partial charge in [-0.05, 0) is 71.2 Å². The third-order valence-electron chi connectivity index (χ3n) is 8.73. The Labute approximate surface area is 311 Å². The van der Waals surface area contributed by atoms with E-state index in [1.165, 1.54) is 17.3 Å². The van der Waals surface area contributed by atoms with Gasteiger partial charge in [0.05, 0.1) is 19.2 Å². The number of likely N-dealkylation sites (N-methyl/N-ethyl adjacent to an activating group) is 1. The van der Waals surface area contributed by atoms with Crippen LogP contribution in [-0.2, 0) is 20.9 Å². The van der Waals surface area contributed by atoms with Crippen molar-refractivity contribution in [2.75, 3.05) is 46.4 Å². The number of ether oxygens (including phenoxy) is 1. The lowest BCUT2D eigenvalue weighted by Gasteiger charge is -2.46. The second-order valence-electron chi connectivity index (χ2n) is 12.8. The van der Waals surface area contributed by atoms with E-state index in [9.17, 15) is 14.4 Å². The van der Waals surface area contributed by atoms with Crippen molar-refractivity contribution in [2.45, 2.75) is 72.0 Å². The SMILES string of the molecule is C=CCOC(=O)NCCC[C@H]1C(=O)N(CC(C(/C=C\C)=C/C)c2ccccc2)CC(C)N1C(=O)CN(C)CC#N.CC=C(C)NCc1ccccc1. The van der Waals surface area contributed by atoms with Crippen LogP contribution in [0.4, 0.5) is 4.79 Å². The van der Waals surface area contributed by atoms with E-state index in [1.54, 1.807) is 16.8 Å². The zero-order valence-corrected chi connectivity index (χ0v) is 31.9. The smallest absolute Gasteiger partial charge is 0.407 e. The van der Waals surface area contributed by atoms with Crippen LogP contribution in [0.15, 0.2) is 109 Å². The van der Waals surface area contributed by atoms with Crippen LogP contribution in [0, 0.1) is 11.3 Å². The van der Waals surface area contributed by atoms with Gasteiger partial charge in [-0.25, -0.2) is 4.79 Å². The molecule has 10 nitrogen and oxygen atoms in total. The Bertz CT molecular complexity index is 1530. The number of allylic oxidation sites excluding steroid dienone is 5. The first-order valence-corrected chi connectivity index (χ1v) is 18.0. The van der Waals surface area contributed by atoms with Crippen molar-refractivity contribution in [3.8, 4) is 6.07 Å². The molecule has 280 valence electrons. The highest BCUT2D eigenvalue weighted by atomic mass is 16.5. The Balaban J connectivity index is 0.000000657. The fraction of sp³-hybridized carbons (Fsp3) is 0.429. The average molecular weight is 711 g/mol. The van der Waals surface area contributed by atoms with Crippen molar-refractivity contribution >= 4 is 17.9 Å². The zero-order chi connectivity index (χ0) is 38.3. The summed E-state index contributed by atoms with van der Waals surface area (Å²) in [5.74, 6) is -0.325. The maximum absolute atomic E-state index is 14.0. The number of piperazine rings is 1. The first-order chi connectivity index (χ1) is 25.1. The molecule has 0 radical (unpaired) electrons. The highest BCUT2D eigenvalue weighted by Crippen LogP contribution is 2.30. The van der Waals surface area contributed by atoms with Gasteiger partial charge in [0.2, 0.25) is 11.8 Å². The second-order valence-corrected chi connectivity index (χ2v) is 12.8. The van der Waals surface area contributed by atoms with Gasteiger partial charge in [0, 0.05) is 43.8 Å². The quantitative estimate of drug-likeness (QED) is 0.0826. The summed E-state index contributed by atoms with van der Waals surface area (Å²) in [6, 6.07) is 21.7. The van der Waals surface area contributed by atoms with Crippen LogP contribution in [-0.4, -0.2) is 91.1 Å². The van der Waals surface area contributed by atoms with Crippen LogP contribution in [0.1, 0.15) is 64.5 Å². The molecular weight excluding hydrogens is 652 g/mol. The molecule has 2 aromatic carbocycles. The van der Waals surface area contributed by atoms with Crippen LogP contribution < -0.4 is 10.6 Å². The molecule has 1 fully saturated rings. The van der Waals surface area contributed by atoms with Gasteiger partial charge in [-0.1, -0.05) is 97.6 Å². The van der Waals surface area contributed by atoms with Crippen LogP contribution in [0.2, 0.25) is 0 Å². The fourth-order valence-corrected chi connectivity index (χ4v) is 6.00. The van der Waals surface area contributed by atoms with E-state index in [0.717, 1.165) is 17.7 Å². The molecule has 2 unspecified atom stereocenters. The lowest BCUT2D eigenvalue weighted by atomic mass is 9.88. The summed E-state index contributed by atoms with van der Waals surface area (Å²) in [7, 11) is 1.71. The first kappa shape index (κ1) is 43.0. The molecule has 0 aliphatic carbocycles. The number of hydrogen-bond acceptors (Lipinski definition) is 7. The van der Waals surface area contributed by atoms with Crippen LogP contribution in [0.3, 0.4) is 0 Å². The maximum Gasteiger partial charge on any atom is 0.407 e. The standard InChI is InChI=1S/C31H43N5O4.C11H15N/c1-6-13-25(8-3)27(26-14-10-9-11-15-26)22-35-21-24(4)36(29(37)23-34(5)19-17-32)28(30(35)38)16-12-18-33-31(39)40-20-7-2;1-3-10(2)12-9-11-7-5-4-6-8-11/h6-11,13-15,24,27-28H,2,12,16,18-23H2,1,3-5H3,(H,33,39);3-8,12H,9H2,1-2H3/b13-6-,25-8+;/t24?,27?,28-;/m0./s1. The highest BCUT2D eigenvalue weighted by Gasteiger charge is 2.41. The van der Waals surface area contributed by atoms with E-state index >= 15 is 0 Å². The number of nitriles is 1. The number of carbonyl (C=O) groups is 3. The summed E-state index contributed by atoms with van der Waals surface area (Å²) >= 11 is 0. The average Bonchev–Trinajstić information content (AvgIpc) is 3.15. The number of nitrogens with zero attached hydrogens (tertiary/aromatic N) is 4. The number of benzene rings is 2. The molecule has 1 heterocycles. The van der Waals surface area contributed by atoms with Crippen molar-refractivity contribution in [1.82, 2.24) is 25.3 Å². The number of nitrogens with one attached hydrogen (secondary N) is 2. The van der Waals surface area contributed by atoms with Crippen molar-refractivity contribution in [2.24, 2.45) is 0 Å². The van der Waals surface area contributed by atoms with E-state index in [1.807, 2.05) is 62.9 Å². The van der Waals surface area contributed by atoms with Crippen molar-refractivity contribution in [3.05, 3.63) is 120 Å². The van der Waals surface area contributed by atoms with E-state index in [2.05, 4.69) is 84.8 Å². The molecule has 1 saturated heterocycles. The largest absolute Gasteiger partial charge is 0.445 e. The Morgan fingerprint density at radius 3 is 2.35 bits per heavy atom. The van der Waals surface area contributed by atoms with E-state index in [4.69, 9.17) is 10.00 Å². The van der Waals surface area contributed by atoms with Gasteiger partial charge in [0.15, 0.2) is 0 Å². The van der Waals surface area contributed by atoms with Gasteiger partial charge >= 0.3 is 6.09 Å². The molecule has 2 N–H and O–H groups in total. The summed E-state index contributed by atoms with van der Waals surface area (Å²) in [5, 5.41) is 15.0. The molecule has 3 atom stereocenters. The predicted octanol–water partition coefficient (Wildman–Crippen LogP) is 6.57. The molecule has 3 amide bonds. The van der Waals surface area contributed by atoms with E-state index in [-0.39, 0.29) is 43.5 Å². The second kappa shape index (κ2) is 24.1. The van der Waals surface area contributed by atoms with Crippen LogP contribution in [0.25, 0.3) is 0 Å². The van der Waals surface area contributed by atoms with Crippen molar-refractivity contribution in [1.29, 1.82) is 5.26 Å². The summed E-state index contributed by atoms with van der Waals surface area (Å²) < 4.78 is 4.95. The number of carbonyl (C=O) groups excluding carboxylic acids is 3. The van der Waals surface area contributed by atoms with Gasteiger partial charge in [-0.2, -0.15) is 5.26 Å². The third-order valence-corrected chi connectivity index (χ3v) is 8.73. The molecule has 3 rings (SSSR count). The number of amides is 3. The molecule has 10 heteroatoms. The highest BCUT2D eigenvalue weighted by molar-refractivity contribution is 5.90. The Morgan fingerprint density at radius 2 is 1.75 bits per heavy atom. The monoisotopic (exact) mass is 710 g/mol. The molecule has 1 aliphatic heterocycles. The van der Waals surface area contributed by atoms with E-state index in [0.29, 0.717) is 32.5 Å². The minimum Gasteiger partial charge on any atom is -0.445 e. The summed E-state index contributed by atoms with van der Waals surface area (Å²) in [6.45, 7) is 16.0. The molecule has 52 heavy (non-hydrogen) atoms. The Hall–Kier alpha value is -5.14. The Morgan fingerprint density at radius 1 is 1.08 bits per heavy atom. The minimum atomic E-state index is -0.676. The molecule has 0 bridgehead atoms. The Kier molecular flexibility index (Phi) is 20.0. The number of hydrogen-bond donors (Lipinski definition) is 2. The van der Waals surface area contributed by atoms with E-state index < -0.39 is 12.1 Å². The summed E-state index contributed by atoms with van der Waals surface area (Å²) in [4.78, 5) is 44.4. The normalized spacial score (nSPS) is 16.8. The molecule has 2 aromatic rings. The number of alkyl carbamates (subject to hydrolysis) is 1. The molecule has 0 aromatic heterocycles. The lowest BCUT2D eigenvalue weighted by molar-refractivity contribution is -0.156. The zero-order valence-electron chi connectivity index (χ0n) is 31.9. The van der Waals surface area contributed by atoms with Crippen LogP contribution >= 0.6 is 0 Å². The van der Waals surface area contributed by atoms with Gasteiger partial charge in [0.25, 0.3) is 0 Å². The predicted molar refractivity (Wildman–Crippen MR) is 209 cm³/mol. The van der Waals surface area contributed by atoms with Crippen molar-refractivity contribution in [3.63, 3.8) is 0 Å². The number of rotatable bonds is 17. The van der Waals surface area contributed by atoms with Gasteiger partial charge in [-0.3, -0.25) is 14.5 Å².